The van der Waals surface area contributed by atoms with Crippen LogP contribution in [0.4, 0.5) is 4.79 Å². The molecule has 1 amide bonds. The minimum Gasteiger partial charge on any atom is -0.480 e. The molecule has 0 aromatic carbocycles. The van der Waals surface area contributed by atoms with Gasteiger partial charge in [-0.3, -0.25) is 0 Å². The Labute approximate surface area is 112 Å². The first-order valence-electron chi connectivity index (χ1n) is 5.50. The highest BCUT2D eigenvalue weighted by molar-refractivity contribution is 7.99. The number of hydrogen-bond donors (Lipinski definition) is 2. The van der Waals surface area contributed by atoms with Crippen LogP contribution in [-0.2, 0) is 9.53 Å². The molecule has 0 aromatic rings. The molecule has 0 aliphatic heterocycles. The number of alkyl carbamates (subject to hydrolysis) is 1. The SMILES string of the molecule is C#CCCSCC(NC(=O)OC(C)(C)C)C(=O)O. The average Bonchev–Trinajstić information content (AvgIpc) is 2.19. The molecule has 2 N–H and O–H groups in total. The van der Waals surface area contributed by atoms with Gasteiger partial charge in [0, 0.05) is 17.9 Å². The predicted molar refractivity (Wildman–Crippen MR) is 71.6 cm³/mol. The lowest BCUT2D eigenvalue weighted by molar-refractivity contribution is -0.138. The molecule has 6 heteroatoms. The van der Waals surface area contributed by atoms with E-state index in [4.69, 9.17) is 16.3 Å². The summed E-state index contributed by atoms with van der Waals surface area (Å²) in [6.07, 6.45) is 4.93. The van der Waals surface area contributed by atoms with Crippen molar-refractivity contribution in [2.75, 3.05) is 11.5 Å². The van der Waals surface area contributed by atoms with Gasteiger partial charge in [-0.05, 0) is 20.8 Å². The van der Waals surface area contributed by atoms with Crippen LogP contribution in [-0.4, -0.2) is 40.3 Å². The van der Waals surface area contributed by atoms with Crippen molar-refractivity contribution in [1.29, 1.82) is 0 Å². The summed E-state index contributed by atoms with van der Waals surface area (Å²) < 4.78 is 4.99. The first-order valence-corrected chi connectivity index (χ1v) is 6.65. The van der Waals surface area contributed by atoms with Crippen LogP contribution in [0.1, 0.15) is 27.2 Å². The number of terminal acetylenes is 1. The number of carboxylic acid groups (broad SMARTS) is 1. The summed E-state index contributed by atoms with van der Waals surface area (Å²) in [7, 11) is 0. The van der Waals surface area contributed by atoms with Gasteiger partial charge in [-0.1, -0.05) is 0 Å². The summed E-state index contributed by atoms with van der Waals surface area (Å²) in [4.78, 5) is 22.4. The Hall–Kier alpha value is -1.35. The quantitative estimate of drug-likeness (QED) is 0.569. The van der Waals surface area contributed by atoms with Crippen molar-refractivity contribution in [2.24, 2.45) is 0 Å². The number of ether oxygens (including phenoxy) is 1. The molecule has 1 atom stereocenters. The van der Waals surface area contributed by atoms with Gasteiger partial charge < -0.3 is 15.2 Å². The first-order chi connectivity index (χ1) is 8.26. The van der Waals surface area contributed by atoms with Gasteiger partial charge in [0.05, 0.1) is 0 Å². The predicted octanol–water partition coefficient (Wildman–Crippen LogP) is 1.72. The van der Waals surface area contributed by atoms with Gasteiger partial charge in [0.15, 0.2) is 0 Å². The van der Waals surface area contributed by atoms with E-state index in [2.05, 4.69) is 11.2 Å². The van der Waals surface area contributed by atoms with Crippen molar-refractivity contribution in [3.63, 3.8) is 0 Å². The standard InChI is InChI=1S/C12H19NO4S/c1-5-6-7-18-8-9(10(14)15)13-11(16)17-12(2,3)4/h1,9H,6-8H2,2-4H3,(H,13,16)(H,14,15). The van der Waals surface area contributed by atoms with Crippen LogP contribution in [0.25, 0.3) is 0 Å². The van der Waals surface area contributed by atoms with Crippen molar-refractivity contribution < 1.29 is 19.4 Å². The second-order valence-corrected chi connectivity index (χ2v) is 5.72. The van der Waals surface area contributed by atoms with Gasteiger partial charge in [-0.25, -0.2) is 9.59 Å². The molecular weight excluding hydrogens is 254 g/mol. The minimum absolute atomic E-state index is 0.260. The minimum atomic E-state index is -1.09. The summed E-state index contributed by atoms with van der Waals surface area (Å²) in [5, 5.41) is 11.3. The third kappa shape index (κ3) is 8.76. The van der Waals surface area contributed by atoms with Crippen LogP contribution in [0.2, 0.25) is 0 Å². The smallest absolute Gasteiger partial charge is 0.408 e. The molecule has 0 bridgehead atoms. The second-order valence-electron chi connectivity index (χ2n) is 4.57. The van der Waals surface area contributed by atoms with Crippen LogP contribution in [0.15, 0.2) is 0 Å². The highest BCUT2D eigenvalue weighted by atomic mass is 32.2. The first kappa shape index (κ1) is 16.6. The lowest BCUT2D eigenvalue weighted by Crippen LogP contribution is -2.45. The third-order valence-corrected chi connectivity index (χ3v) is 2.73. The number of hydrogen-bond acceptors (Lipinski definition) is 4. The van der Waals surface area contributed by atoms with Crippen LogP contribution in [0.3, 0.4) is 0 Å². The molecule has 0 aliphatic carbocycles. The summed E-state index contributed by atoms with van der Waals surface area (Å²) in [5.41, 5.74) is -0.649. The fraction of sp³-hybridized carbons (Fsp3) is 0.667. The van der Waals surface area contributed by atoms with Crippen molar-refractivity contribution in [2.45, 2.75) is 38.8 Å². The molecule has 0 aromatic heterocycles. The number of nitrogens with one attached hydrogen (secondary N) is 1. The van der Waals surface area contributed by atoms with Crippen molar-refractivity contribution in [3.05, 3.63) is 0 Å². The van der Waals surface area contributed by atoms with Crippen molar-refractivity contribution >= 4 is 23.8 Å². The van der Waals surface area contributed by atoms with E-state index in [1.165, 1.54) is 11.8 Å². The van der Waals surface area contributed by atoms with E-state index in [1.54, 1.807) is 20.8 Å². The number of carbonyl (C=O) groups is 2. The number of amides is 1. The van der Waals surface area contributed by atoms with Gasteiger partial charge in [0.2, 0.25) is 0 Å². The Morgan fingerprint density at radius 2 is 2.11 bits per heavy atom. The van der Waals surface area contributed by atoms with Crippen molar-refractivity contribution in [3.8, 4) is 12.3 Å². The highest BCUT2D eigenvalue weighted by Crippen LogP contribution is 2.09. The maximum absolute atomic E-state index is 11.4. The molecule has 5 nitrogen and oxygen atoms in total. The summed E-state index contributed by atoms with van der Waals surface area (Å²) >= 11 is 1.38. The lowest BCUT2D eigenvalue weighted by Gasteiger charge is -2.21. The Bertz CT molecular complexity index is 330. The van der Waals surface area contributed by atoms with E-state index >= 15 is 0 Å². The molecule has 0 heterocycles. The largest absolute Gasteiger partial charge is 0.480 e. The van der Waals surface area contributed by atoms with E-state index < -0.39 is 23.7 Å². The molecule has 0 aliphatic rings. The van der Waals surface area contributed by atoms with E-state index in [-0.39, 0.29) is 5.75 Å². The maximum Gasteiger partial charge on any atom is 0.408 e. The average molecular weight is 273 g/mol. The van der Waals surface area contributed by atoms with E-state index in [1.807, 2.05) is 0 Å². The van der Waals surface area contributed by atoms with Gasteiger partial charge in [-0.2, -0.15) is 11.8 Å². The number of rotatable bonds is 6. The number of thioether (sulfide) groups is 1. The molecule has 0 spiro atoms. The molecule has 1 unspecified atom stereocenters. The van der Waals surface area contributed by atoms with Gasteiger partial charge in [0.25, 0.3) is 0 Å². The molecule has 102 valence electrons. The lowest BCUT2D eigenvalue weighted by atomic mass is 10.2. The van der Waals surface area contributed by atoms with E-state index in [0.29, 0.717) is 12.2 Å². The Morgan fingerprint density at radius 1 is 1.50 bits per heavy atom. The Morgan fingerprint density at radius 3 is 2.56 bits per heavy atom. The topological polar surface area (TPSA) is 75.6 Å². The molecule has 18 heavy (non-hydrogen) atoms. The third-order valence-electron chi connectivity index (χ3n) is 1.66. The summed E-state index contributed by atoms with van der Waals surface area (Å²) in [5.74, 6) is 2.30. The summed E-state index contributed by atoms with van der Waals surface area (Å²) in [6.45, 7) is 5.14. The number of aliphatic carboxylic acids is 1. The van der Waals surface area contributed by atoms with Crippen LogP contribution in [0, 0.1) is 12.3 Å². The zero-order valence-corrected chi connectivity index (χ0v) is 11.7. The zero-order valence-electron chi connectivity index (χ0n) is 10.9. The highest BCUT2D eigenvalue weighted by Gasteiger charge is 2.23. The normalized spacial score (nSPS) is 12.3. The van der Waals surface area contributed by atoms with Crippen LogP contribution >= 0.6 is 11.8 Å². The van der Waals surface area contributed by atoms with Gasteiger partial charge >= 0.3 is 12.1 Å². The summed E-state index contributed by atoms with van der Waals surface area (Å²) in [6, 6.07) is -0.970. The van der Waals surface area contributed by atoms with E-state index in [9.17, 15) is 9.59 Å². The molecule has 0 fully saturated rings. The zero-order chi connectivity index (χ0) is 14.2. The molecule has 0 saturated carbocycles. The van der Waals surface area contributed by atoms with Crippen molar-refractivity contribution in [1.82, 2.24) is 5.32 Å². The number of carboxylic acids is 1. The molecule has 0 radical (unpaired) electrons. The monoisotopic (exact) mass is 273 g/mol. The second kappa shape index (κ2) is 7.88. The molecular formula is C12H19NO4S. The molecule has 0 saturated heterocycles. The van der Waals surface area contributed by atoms with Crippen LogP contribution < -0.4 is 5.32 Å². The molecule has 0 rings (SSSR count). The Balaban J connectivity index is 4.16. The Kier molecular flexibility index (Phi) is 7.29. The van der Waals surface area contributed by atoms with E-state index in [0.717, 1.165) is 0 Å². The fourth-order valence-corrected chi connectivity index (χ4v) is 1.85. The maximum atomic E-state index is 11.4. The van der Waals surface area contributed by atoms with Gasteiger partial charge in [0.1, 0.15) is 11.6 Å². The van der Waals surface area contributed by atoms with Crippen LogP contribution in [0.5, 0.6) is 0 Å². The number of carbonyl (C=O) groups excluding carboxylic acids is 1. The van der Waals surface area contributed by atoms with Gasteiger partial charge in [-0.15, -0.1) is 12.3 Å². The fourth-order valence-electron chi connectivity index (χ4n) is 0.957.